The first-order valence-electron chi connectivity index (χ1n) is 24.5. The van der Waals surface area contributed by atoms with Crippen LogP contribution in [-0.4, -0.2) is 175 Å². The van der Waals surface area contributed by atoms with Crippen LogP contribution in [0.15, 0.2) is 39.9 Å². The number of hydrogen-bond donors (Lipinski definition) is 3. The molecule has 1 aromatic carbocycles. The van der Waals surface area contributed by atoms with Gasteiger partial charge >= 0.3 is 11.7 Å². The predicted octanol–water partition coefficient (Wildman–Crippen LogP) is 4.59. The number of carboxylic acid groups (broad SMARTS) is 1. The Morgan fingerprint density at radius 3 is 1.40 bits per heavy atom. The van der Waals surface area contributed by atoms with Crippen molar-refractivity contribution in [1.82, 2.24) is 19.1 Å². The van der Waals surface area contributed by atoms with Crippen LogP contribution in [0.25, 0.3) is 28.6 Å². The Bertz CT molecular complexity index is 1880. The van der Waals surface area contributed by atoms with E-state index < -0.39 is 5.97 Å². The number of methoxy groups -OCH3 is 1. The summed E-state index contributed by atoms with van der Waals surface area (Å²) < 4.78 is 56.1. The zero-order valence-electron chi connectivity index (χ0n) is 40.3. The Morgan fingerprint density at radius 2 is 1.00 bits per heavy atom. The maximum Gasteiger partial charge on any atom is 0.332 e. The molecule has 0 radical (unpaired) electrons. The number of ether oxygens (including phenoxy) is 10. The summed E-state index contributed by atoms with van der Waals surface area (Å²) in [4.78, 5) is 46.0. The maximum absolute atomic E-state index is 13.7. The van der Waals surface area contributed by atoms with Crippen LogP contribution in [0.5, 0.6) is 0 Å². The molecule has 0 amide bonds. The Morgan fingerprint density at radius 1 is 0.603 bits per heavy atom. The number of hydrogen-bond acceptors (Lipinski definition) is 15. The van der Waals surface area contributed by atoms with Gasteiger partial charge in [0, 0.05) is 31.8 Å². The molecule has 19 heteroatoms. The van der Waals surface area contributed by atoms with Gasteiger partial charge in [-0.05, 0) is 49.2 Å². The monoisotopic (exact) mass is 963 g/mol. The first-order chi connectivity index (χ1) is 33.4. The quantitative estimate of drug-likeness (QED) is 0.0536. The fourth-order valence-corrected chi connectivity index (χ4v) is 7.87. The van der Waals surface area contributed by atoms with Gasteiger partial charge in [-0.2, -0.15) is 0 Å². The highest BCUT2D eigenvalue weighted by atomic mass is 16.6. The van der Waals surface area contributed by atoms with E-state index in [1.165, 1.54) is 36.3 Å². The maximum atomic E-state index is 13.7. The number of aliphatic hydroxyl groups excluding tert-OH is 1. The van der Waals surface area contributed by atoms with Crippen LogP contribution in [0.3, 0.4) is 0 Å². The first-order valence-corrected chi connectivity index (χ1v) is 24.5. The van der Waals surface area contributed by atoms with Crippen molar-refractivity contribution in [3.05, 3.63) is 56.7 Å². The lowest BCUT2D eigenvalue weighted by atomic mass is 9.89. The molecule has 0 saturated heterocycles. The number of aromatic amines is 1. The number of carbonyl (C=O) groups is 1. The Labute approximate surface area is 400 Å². The molecule has 0 aliphatic heterocycles. The summed E-state index contributed by atoms with van der Waals surface area (Å²) in [6.07, 6.45) is 14.1. The highest BCUT2D eigenvalue weighted by molar-refractivity contribution is 5.85. The Hall–Kier alpha value is -3.86. The van der Waals surface area contributed by atoms with E-state index in [9.17, 15) is 14.4 Å². The number of fused-ring (bicyclic) bond motifs is 1. The lowest BCUT2D eigenvalue weighted by Crippen LogP contribution is -2.42. The Balaban J connectivity index is 0.000000300. The summed E-state index contributed by atoms with van der Waals surface area (Å²) in [6.45, 7) is 10.9. The molecule has 2 aliphatic carbocycles. The topological polar surface area (TPSA) is 223 Å². The van der Waals surface area contributed by atoms with Crippen LogP contribution in [-0.2, 0) is 65.3 Å². The SMILES string of the molecule is COCCOCCOCCOCCOCCOCCOCCOCCOCCOCCO.O=C(O)/C=C/c1ccc(-c2nc3c([nH]2)c(=O)n(CC2CCCCC2)c(=O)n3CC2CCCCC2)cc1. The lowest BCUT2D eigenvalue weighted by molar-refractivity contribution is -0.131. The summed E-state index contributed by atoms with van der Waals surface area (Å²) >= 11 is 0. The number of benzene rings is 1. The van der Waals surface area contributed by atoms with Gasteiger partial charge in [0.2, 0.25) is 0 Å². The zero-order valence-corrected chi connectivity index (χ0v) is 40.3. The van der Waals surface area contributed by atoms with Crippen LogP contribution in [0.1, 0.15) is 69.8 Å². The molecule has 0 spiro atoms. The van der Waals surface area contributed by atoms with E-state index in [1.807, 2.05) is 12.1 Å². The molecule has 19 nitrogen and oxygen atoms in total. The van der Waals surface area contributed by atoms with Crippen molar-refractivity contribution in [1.29, 1.82) is 0 Å². The van der Waals surface area contributed by atoms with Crippen molar-refractivity contribution in [3.8, 4) is 11.4 Å². The molecular weight excluding hydrogens is 885 g/mol. The molecule has 2 aromatic heterocycles. The molecular formula is C49H78N4O15. The molecule has 3 aromatic rings. The van der Waals surface area contributed by atoms with Gasteiger partial charge in [0.25, 0.3) is 5.56 Å². The van der Waals surface area contributed by atoms with Gasteiger partial charge in [0.15, 0.2) is 5.65 Å². The third-order valence-corrected chi connectivity index (χ3v) is 11.4. The lowest BCUT2D eigenvalue weighted by Gasteiger charge is -2.24. The molecule has 0 bridgehead atoms. The second-order valence-corrected chi connectivity index (χ2v) is 16.6. The minimum Gasteiger partial charge on any atom is -0.478 e. The number of carboxylic acids is 1. The number of aliphatic hydroxyl groups is 1. The van der Waals surface area contributed by atoms with E-state index >= 15 is 0 Å². The summed E-state index contributed by atoms with van der Waals surface area (Å²) in [5.41, 5.74) is 1.80. The third kappa shape index (κ3) is 23.2. The fourth-order valence-electron chi connectivity index (χ4n) is 7.87. The smallest absolute Gasteiger partial charge is 0.332 e. The van der Waals surface area contributed by atoms with E-state index in [4.69, 9.17) is 62.6 Å². The van der Waals surface area contributed by atoms with Crippen molar-refractivity contribution in [3.63, 3.8) is 0 Å². The number of nitrogens with one attached hydrogen (secondary N) is 1. The largest absolute Gasteiger partial charge is 0.478 e. The van der Waals surface area contributed by atoms with Crippen molar-refractivity contribution in [2.24, 2.45) is 11.8 Å². The van der Waals surface area contributed by atoms with Gasteiger partial charge in [-0.1, -0.05) is 62.8 Å². The van der Waals surface area contributed by atoms with Crippen LogP contribution in [0.4, 0.5) is 0 Å². The summed E-state index contributed by atoms with van der Waals surface area (Å²) in [5.74, 6) is 0.305. The van der Waals surface area contributed by atoms with Gasteiger partial charge in [0.1, 0.15) is 11.3 Å². The summed E-state index contributed by atoms with van der Waals surface area (Å²) in [6, 6.07) is 7.28. The van der Waals surface area contributed by atoms with Gasteiger partial charge in [-0.25, -0.2) is 14.6 Å². The number of imidazole rings is 1. The summed E-state index contributed by atoms with van der Waals surface area (Å²) in [5, 5.41) is 17.4. The number of rotatable bonds is 36. The summed E-state index contributed by atoms with van der Waals surface area (Å²) in [7, 11) is 1.64. The number of nitrogens with zero attached hydrogens (tertiary/aromatic N) is 3. The number of aromatic nitrogens is 4. The standard InChI is InChI=1S/C28H34N4O4.C21H44O11/c33-23(34)16-13-19-11-14-22(15-12-19)25-29-24-26(30-25)31(17-20-7-3-1-4-8-20)28(36)32(27(24)35)18-21-9-5-2-6-10-21;1-23-4-5-25-8-9-27-12-13-29-16-17-31-20-21-32-19-18-30-15-14-28-11-10-26-7-6-24-3-2-22/h11-16,20-21H,1-10,17-18H2,(H,29,30)(H,33,34);22H,2-21H2,1H3/b16-13+;. The second-order valence-electron chi connectivity index (χ2n) is 16.6. The number of aliphatic carboxylic acids is 1. The average Bonchev–Trinajstić information content (AvgIpc) is 3.81. The highest BCUT2D eigenvalue weighted by Gasteiger charge is 2.24. The van der Waals surface area contributed by atoms with Gasteiger partial charge in [-0.3, -0.25) is 13.9 Å². The fraction of sp³-hybridized carbons (Fsp3) is 0.714. The van der Waals surface area contributed by atoms with E-state index in [1.54, 1.807) is 23.8 Å². The molecule has 2 heterocycles. The molecule has 2 aliphatic rings. The van der Waals surface area contributed by atoms with Crippen LogP contribution < -0.4 is 11.2 Å². The van der Waals surface area contributed by atoms with Crippen molar-refractivity contribution in [2.75, 3.05) is 139 Å². The minimum atomic E-state index is -1.00. The molecule has 68 heavy (non-hydrogen) atoms. The van der Waals surface area contributed by atoms with E-state index in [0.717, 1.165) is 55.7 Å². The normalized spacial score (nSPS) is 14.8. The van der Waals surface area contributed by atoms with E-state index in [-0.39, 0.29) is 17.9 Å². The van der Waals surface area contributed by atoms with E-state index in [0.29, 0.717) is 167 Å². The van der Waals surface area contributed by atoms with Crippen molar-refractivity contribution in [2.45, 2.75) is 77.3 Å². The van der Waals surface area contributed by atoms with Crippen molar-refractivity contribution < 1.29 is 62.4 Å². The molecule has 3 N–H and O–H groups in total. The number of H-pyrrole nitrogens is 1. The molecule has 2 fully saturated rings. The van der Waals surface area contributed by atoms with Crippen LogP contribution >= 0.6 is 0 Å². The second kappa shape index (κ2) is 36.1. The zero-order chi connectivity index (χ0) is 48.3. The van der Waals surface area contributed by atoms with Gasteiger partial charge < -0.3 is 62.6 Å². The molecule has 2 saturated carbocycles. The molecule has 5 rings (SSSR count). The molecule has 0 atom stereocenters. The van der Waals surface area contributed by atoms with Crippen LogP contribution in [0, 0.1) is 11.8 Å². The van der Waals surface area contributed by atoms with Gasteiger partial charge in [0.05, 0.1) is 132 Å². The predicted molar refractivity (Wildman–Crippen MR) is 256 cm³/mol. The average molecular weight is 963 g/mol. The van der Waals surface area contributed by atoms with E-state index in [2.05, 4.69) is 4.98 Å². The molecule has 384 valence electrons. The third-order valence-electron chi connectivity index (χ3n) is 11.4. The Kier molecular flexibility index (Phi) is 30.1. The minimum absolute atomic E-state index is 0.0301. The van der Waals surface area contributed by atoms with Crippen molar-refractivity contribution >= 4 is 23.2 Å². The first kappa shape index (κ1) is 56.7. The van der Waals surface area contributed by atoms with Crippen LogP contribution in [0.2, 0.25) is 0 Å². The van der Waals surface area contributed by atoms with Gasteiger partial charge in [-0.15, -0.1) is 0 Å². The molecule has 0 unspecified atom stereocenters. The highest BCUT2D eigenvalue weighted by Crippen LogP contribution is 2.27.